The summed E-state index contributed by atoms with van der Waals surface area (Å²) < 4.78 is 0. The van der Waals surface area contributed by atoms with Crippen molar-refractivity contribution in [2.24, 2.45) is 0 Å². The highest BCUT2D eigenvalue weighted by molar-refractivity contribution is 5.41. The fourth-order valence-corrected chi connectivity index (χ4v) is 2.60. The molecule has 2 heterocycles. The summed E-state index contributed by atoms with van der Waals surface area (Å²) in [6.45, 7) is 3.22. The van der Waals surface area contributed by atoms with E-state index in [2.05, 4.69) is 41.5 Å². The normalized spacial score (nSPS) is 18.8. The van der Waals surface area contributed by atoms with Gasteiger partial charge in [0, 0.05) is 12.7 Å². The lowest BCUT2D eigenvalue weighted by Gasteiger charge is -2.27. The second-order valence-electron chi connectivity index (χ2n) is 4.53. The maximum absolute atomic E-state index is 4.47. The Kier molecular flexibility index (Phi) is 2.65. The van der Waals surface area contributed by atoms with Gasteiger partial charge in [-0.15, -0.1) is 0 Å². The highest BCUT2D eigenvalue weighted by Gasteiger charge is 2.22. The molecule has 1 atom stereocenters. The van der Waals surface area contributed by atoms with Crippen molar-refractivity contribution < 1.29 is 0 Å². The quantitative estimate of drug-likeness (QED) is 0.805. The van der Waals surface area contributed by atoms with Gasteiger partial charge in [-0.2, -0.15) is 0 Å². The Morgan fingerprint density at radius 3 is 2.94 bits per heavy atom. The van der Waals surface area contributed by atoms with Gasteiger partial charge in [0.25, 0.3) is 0 Å². The van der Waals surface area contributed by atoms with Crippen LogP contribution >= 0.6 is 0 Å². The van der Waals surface area contributed by atoms with Crippen molar-refractivity contribution in [3.05, 3.63) is 65.0 Å². The van der Waals surface area contributed by atoms with Gasteiger partial charge in [-0.1, -0.05) is 24.3 Å². The summed E-state index contributed by atoms with van der Waals surface area (Å²) >= 11 is 0. The van der Waals surface area contributed by atoms with Crippen LogP contribution in [0.2, 0.25) is 0 Å². The lowest BCUT2D eigenvalue weighted by atomic mass is 9.89. The number of aryl methyl sites for hydroxylation is 1. The third-order valence-electron chi connectivity index (χ3n) is 3.46. The molecule has 0 saturated carbocycles. The van der Waals surface area contributed by atoms with Crippen molar-refractivity contribution in [3.63, 3.8) is 0 Å². The van der Waals surface area contributed by atoms with Crippen molar-refractivity contribution in [2.75, 3.05) is 6.54 Å². The molecule has 1 unspecified atom stereocenters. The third kappa shape index (κ3) is 1.85. The van der Waals surface area contributed by atoms with Gasteiger partial charge in [-0.3, -0.25) is 4.98 Å². The predicted molar refractivity (Wildman–Crippen MR) is 69.0 cm³/mol. The van der Waals surface area contributed by atoms with E-state index < -0.39 is 0 Å². The molecule has 1 aliphatic rings. The van der Waals surface area contributed by atoms with Gasteiger partial charge in [-0.05, 0) is 42.2 Å². The molecule has 2 heteroatoms. The first-order valence-electron chi connectivity index (χ1n) is 6.09. The summed E-state index contributed by atoms with van der Waals surface area (Å²) in [5, 5.41) is 3.56. The average Bonchev–Trinajstić information content (AvgIpc) is 2.40. The molecule has 0 aliphatic carbocycles. The van der Waals surface area contributed by atoms with Crippen LogP contribution in [0.3, 0.4) is 0 Å². The van der Waals surface area contributed by atoms with Crippen LogP contribution in [-0.4, -0.2) is 11.5 Å². The molecule has 1 aromatic heterocycles. The molecule has 1 N–H and O–H groups in total. The topological polar surface area (TPSA) is 24.9 Å². The Morgan fingerprint density at radius 1 is 1.18 bits per heavy atom. The molecule has 3 rings (SSSR count). The van der Waals surface area contributed by atoms with Gasteiger partial charge in [0.2, 0.25) is 0 Å². The molecule has 86 valence electrons. The Balaban J connectivity index is 2.09. The average molecular weight is 224 g/mol. The summed E-state index contributed by atoms with van der Waals surface area (Å²) in [7, 11) is 0. The molecule has 17 heavy (non-hydrogen) atoms. The first-order valence-corrected chi connectivity index (χ1v) is 6.09. The molecule has 0 fully saturated rings. The van der Waals surface area contributed by atoms with E-state index in [-0.39, 0.29) is 6.04 Å². The highest BCUT2D eigenvalue weighted by atomic mass is 14.9. The van der Waals surface area contributed by atoms with Crippen molar-refractivity contribution in [3.8, 4) is 0 Å². The van der Waals surface area contributed by atoms with Crippen LogP contribution in [0.1, 0.15) is 28.4 Å². The number of aromatic nitrogens is 1. The number of rotatable bonds is 1. The number of hydrogen-bond acceptors (Lipinski definition) is 2. The Hall–Kier alpha value is -1.67. The van der Waals surface area contributed by atoms with E-state index in [1.165, 1.54) is 16.7 Å². The van der Waals surface area contributed by atoms with Gasteiger partial charge in [0.1, 0.15) is 0 Å². The second-order valence-corrected chi connectivity index (χ2v) is 4.53. The largest absolute Gasteiger partial charge is 0.305 e. The number of hydrogen-bond donors (Lipinski definition) is 1. The predicted octanol–water partition coefficient (Wildman–Crippen LogP) is 2.63. The summed E-state index contributed by atoms with van der Waals surface area (Å²) in [6.07, 6.45) is 2.98. The molecule has 2 aromatic rings. The first kappa shape index (κ1) is 10.5. The van der Waals surface area contributed by atoms with Crippen LogP contribution < -0.4 is 5.32 Å². The van der Waals surface area contributed by atoms with Crippen LogP contribution in [0.4, 0.5) is 0 Å². The van der Waals surface area contributed by atoms with Gasteiger partial charge >= 0.3 is 0 Å². The second kappa shape index (κ2) is 4.30. The van der Waals surface area contributed by atoms with Crippen LogP contribution in [0.25, 0.3) is 0 Å². The lowest BCUT2D eigenvalue weighted by molar-refractivity contribution is 0.555. The van der Waals surface area contributed by atoms with Gasteiger partial charge in [0.05, 0.1) is 11.7 Å². The zero-order valence-electron chi connectivity index (χ0n) is 9.98. The Morgan fingerprint density at radius 2 is 2.12 bits per heavy atom. The van der Waals surface area contributed by atoms with Crippen LogP contribution in [-0.2, 0) is 6.42 Å². The molecule has 0 saturated heterocycles. The molecule has 1 aromatic carbocycles. The van der Waals surface area contributed by atoms with Crippen LogP contribution in [0, 0.1) is 6.92 Å². The number of benzene rings is 1. The van der Waals surface area contributed by atoms with Gasteiger partial charge in [-0.25, -0.2) is 0 Å². The fraction of sp³-hybridized carbons (Fsp3) is 0.267. The van der Waals surface area contributed by atoms with E-state index in [0.717, 1.165) is 18.7 Å². The van der Waals surface area contributed by atoms with E-state index in [0.29, 0.717) is 0 Å². The van der Waals surface area contributed by atoms with Gasteiger partial charge < -0.3 is 5.32 Å². The number of nitrogens with zero attached hydrogens (tertiary/aromatic N) is 1. The summed E-state index contributed by atoms with van der Waals surface area (Å²) in [4.78, 5) is 4.47. The molecule has 0 radical (unpaired) electrons. The Labute approximate surface area is 102 Å². The minimum atomic E-state index is 0.250. The molecular weight excluding hydrogens is 208 g/mol. The summed E-state index contributed by atoms with van der Waals surface area (Å²) in [6, 6.07) is 12.9. The first-order chi connectivity index (χ1) is 8.36. The fourth-order valence-electron chi connectivity index (χ4n) is 2.60. The van der Waals surface area contributed by atoms with E-state index in [9.17, 15) is 0 Å². The number of pyridine rings is 1. The summed E-state index contributed by atoms with van der Waals surface area (Å²) in [5.74, 6) is 0. The smallest absolute Gasteiger partial charge is 0.0754 e. The molecule has 1 aliphatic heterocycles. The SMILES string of the molecule is Cc1cccc2c1CCNC2c1ccccn1. The van der Waals surface area contributed by atoms with E-state index in [1.807, 2.05) is 18.3 Å². The third-order valence-corrected chi connectivity index (χ3v) is 3.46. The van der Waals surface area contributed by atoms with Crippen LogP contribution in [0.5, 0.6) is 0 Å². The lowest BCUT2D eigenvalue weighted by Crippen LogP contribution is -2.31. The maximum Gasteiger partial charge on any atom is 0.0754 e. The monoisotopic (exact) mass is 224 g/mol. The number of fused-ring (bicyclic) bond motifs is 1. The summed E-state index contributed by atoms with van der Waals surface area (Å²) in [5.41, 5.74) is 5.38. The zero-order chi connectivity index (χ0) is 11.7. The standard InChI is InChI=1S/C15H16N2/c1-11-5-4-6-13-12(11)8-10-17-15(13)14-7-2-3-9-16-14/h2-7,9,15,17H,8,10H2,1H3. The van der Waals surface area contributed by atoms with E-state index in [1.54, 1.807) is 0 Å². The molecule has 0 amide bonds. The highest BCUT2D eigenvalue weighted by Crippen LogP contribution is 2.29. The van der Waals surface area contributed by atoms with E-state index >= 15 is 0 Å². The Bertz CT molecular complexity index is 520. The van der Waals surface area contributed by atoms with Crippen molar-refractivity contribution in [1.82, 2.24) is 10.3 Å². The van der Waals surface area contributed by atoms with E-state index in [4.69, 9.17) is 0 Å². The van der Waals surface area contributed by atoms with Crippen molar-refractivity contribution in [2.45, 2.75) is 19.4 Å². The van der Waals surface area contributed by atoms with Crippen LogP contribution in [0.15, 0.2) is 42.6 Å². The molecule has 0 bridgehead atoms. The minimum absolute atomic E-state index is 0.250. The molecular formula is C15H16N2. The zero-order valence-corrected chi connectivity index (χ0v) is 9.98. The van der Waals surface area contributed by atoms with Crippen molar-refractivity contribution in [1.29, 1.82) is 0 Å². The maximum atomic E-state index is 4.47. The minimum Gasteiger partial charge on any atom is -0.305 e. The number of nitrogens with one attached hydrogen (secondary N) is 1. The molecule has 0 spiro atoms. The van der Waals surface area contributed by atoms with Crippen molar-refractivity contribution >= 4 is 0 Å². The van der Waals surface area contributed by atoms with Gasteiger partial charge in [0.15, 0.2) is 0 Å². The molecule has 2 nitrogen and oxygen atoms in total.